The zero-order chi connectivity index (χ0) is 18.5. The van der Waals surface area contributed by atoms with E-state index in [1.54, 1.807) is 11.8 Å². The van der Waals surface area contributed by atoms with Crippen molar-refractivity contribution < 1.29 is 14.3 Å². The second kappa shape index (κ2) is 8.70. The molecule has 142 valence electrons. The van der Waals surface area contributed by atoms with E-state index in [1.807, 2.05) is 24.3 Å². The van der Waals surface area contributed by atoms with E-state index in [2.05, 4.69) is 29.2 Å². The van der Waals surface area contributed by atoms with Crippen molar-refractivity contribution in [2.75, 3.05) is 25.5 Å². The van der Waals surface area contributed by atoms with Crippen LogP contribution in [0.3, 0.4) is 0 Å². The van der Waals surface area contributed by atoms with E-state index in [0.717, 1.165) is 48.6 Å². The molecule has 0 aromatic heterocycles. The second-order valence-corrected chi connectivity index (χ2v) is 8.05. The van der Waals surface area contributed by atoms with E-state index in [1.165, 1.54) is 5.56 Å². The van der Waals surface area contributed by atoms with Gasteiger partial charge in [0.25, 0.3) is 0 Å². The number of benzene rings is 2. The number of amides is 1. The Balaban J connectivity index is 1.30. The Morgan fingerprint density at radius 3 is 2.74 bits per heavy atom. The number of hydrogen-bond acceptors (Lipinski definition) is 4. The van der Waals surface area contributed by atoms with E-state index in [-0.39, 0.29) is 5.91 Å². The van der Waals surface area contributed by atoms with Crippen LogP contribution >= 0.6 is 11.8 Å². The molecule has 5 heteroatoms. The first kappa shape index (κ1) is 18.2. The second-order valence-electron chi connectivity index (χ2n) is 7.00. The fourth-order valence-electron chi connectivity index (χ4n) is 3.78. The van der Waals surface area contributed by atoms with Gasteiger partial charge in [0.05, 0.1) is 5.75 Å². The Labute approximate surface area is 164 Å². The van der Waals surface area contributed by atoms with Crippen LogP contribution in [0.15, 0.2) is 53.4 Å². The van der Waals surface area contributed by atoms with Gasteiger partial charge in [-0.2, -0.15) is 0 Å². The Morgan fingerprint density at radius 1 is 1.07 bits per heavy atom. The summed E-state index contributed by atoms with van der Waals surface area (Å²) in [4.78, 5) is 15.9. The Hall–Kier alpha value is -2.14. The lowest BCUT2D eigenvalue weighted by Crippen LogP contribution is -2.37. The minimum absolute atomic E-state index is 0.241. The lowest BCUT2D eigenvalue weighted by atomic mass is 10.0. The van der Waals surface area contributed by atoms with Gasteiger partial charge >= 0.3 is 0 Å². The first-order valence-corrected chi connectivity index (χ1v) is 10.6. The topological polar surface area (TPSA) is 38.8 Å². The van der Waals surface area contributed by atoms with Gasteiger partial charge in [0.15, 0.2) is 11.5 Å². The summed E-state index contributed by atoms with van der Waals surface area (Å²) in [5, 5.41) is 0. The normalized spacial score (nSPS) is 18.5. The number of hydrogen-bond donors (Lipinski definition) is 0. The zero-order valence-electron chi connectivity index (χ0n) is 15.4. The molecule has 1 amide bonds. The van der Waals surface area contributed by atoms with Gasteiger partial charge in [0, 0.05) is 17.5 Å². The molecule has 0 radical (unpaired) electrons. The molecule has 0 saturated carbocycles. The Bertz CT molecular complexity index is 780. The van der Waals surface area contributed by atoms with Crippen molar-refractivity contribution in [3.05, 3.63) is 54.1 Å². The number of nitrogens with zero attached hydrogens (tertiary/aromatic N) is 1. The van der Waals surface area contributed by atoms with Crippen LogP contribution in [0, 0.1) is 0 Å². The Morgan fingerprint density at radius 2 is 1.89 bits per heavy atom. The molecule has 2 aliphatic rings. The highest BCUT2D eigenvalue weighted by atomic mass is 32.2. The third-order valence-corrected chi connectivity index (χ3v) is 6.16. The highest BCUT2D eigenvalue weighted by Crippen LogP contribution is 2.34. The zero-order valence-corrected chi connectivity index (χ0v) is 16.2. The number of thioether (sulfide) groups is 1. The number of aryl methyl sites for hydroxylation is 1. The molecule has 2 aliphatic heterocycles. The average molecular weight is 384 g/mol. The predicted octanol–water partition coefficient (Wildman–Crippen LogP) is 4.17. The molecular weight excluding hydrogens is 358 g/mol. The summed E-state index contributed by atoms with van der Waals surface area (Å²) in [7, 11) is 0. The van der Waals surface area contributed by atoms with Gasteiger partial charge < -0.3 is 14.4 Å². The van der Waals surface area contributed by atoms with Crippen molar-refractivity contribution in [2.45, 2.75) is 36.6 Å². The quantitative estimate of drug-likeness (QED) is 0.702. The van der Waals surface area contributed by atoms with Crippen LogP contribution in [0.4, 0.5) is 0 Å². The van der Waals surface area contributed by atoms with Crippen LogP contribution in [0.1, 0.15) is 24.8 Å². The summed E-state index contributed by atoms with van der Waals surface area (Å²) in [6, 6.07) is 16.8. The van der Waals surface area contributed by atoms with E-state index >= 15 is 0 Å². The summed E-state index contributed by atoms with van der Waals surface area (Å²) in [5.41, 5.74) is 1.35. The van der Waals surface area contributed by atoms with Crippen LogP contribution in [-0.2, 0) is 11.2 Å². The highest BCUT2D eigenvalue weighted by Gasteiger charge is 2.28. The van der Waals surface area contributed by atoms with Crippen LogP contribution < -0.4 is 9.47 Å². The van der Waals surface area contributed by atoms with Crippen LogP contribution in [0.2, 0.25) is 0 Å². The molecule has 1 fully saturated rings. The SMILES string of the molecule is O=C(CSc1ccc2c(c1)OCCO2)N1CCCC1CCc1ccccc1. The number of likely N-dealkylation sites (tertiary alicyclic amines) is 1. The van der Waals surface area contributed by atoms with Gasteiger partial charge in [0.1, 0.15) is 13.2 Å². The summed E-state index contributed by atoms with van der Waals surface area (Å²) in [6.07, 6.45) is 4.31. The fraction of sp³-hybridized carbons (Fsp3) is 0.409. The molecule has 4 nitrogen and oxygen atoms in total. The number of carbonyl (C=O) groups is 1. The third kappa shape index (κ3) is 4.59. The summed E-state index contributed by atoms with van der Waals surface area (Å²) >= 11 is 1.58. The molecule has 0 spiro atoms. The average Bonchev–Trinajstić information content (AvgIpc) is 3.20. The summed E-state index contributed by atoms with van der Waals surface area (Å²) in [5.74, 6) is 2.28. The number of carbonyl (C=O) groups excluding carboxylic acids is 1. The van der Waals surface area contributed by atoms with Crippen molar-refractivity contribution in [2.24, 2.45) is 0 Å². The lowest BCUT2D eigenvalue weighted by Gasteiger charge is -2.25. The monoisotopic (exact) mass is 383 g/mol. The minimum atomic E-state index is 0.241. The van der Waals surface area contributed by atoms with Crippen LogP contribution in [0.5, 0.6) is 11.5 Å². The maximum atomic E-state index is 12.8. The van der Waals surface area contributed by atoms with Gasteiger partial charge in [-0.3, -0.25) is 4.79 Å². The predicted molar refractivity (Wildman–Crippen MR) is 108 cm³/mol. The highest BCUT2D eigenvalue weighted by molar-refractivity contribution is 8.00. The molecule has 2 heterocycles. The summed E-state index contributed by atoms with van der Waals surface area (Å²) < 4.78 is 11.2. The molecule has 2 aromatic carbocycles. The van der Waals surface area contributed by atoms with Crippen molar-refractivity contribution in [3.63, 3.8) is 0 Å². The van der Waals surface area contributed by atoms with Crippen LogP contribution in [0.25, 0.3) is 0 Å². The molecule has 1 atom stereocenters. The molecule has 0 aliphatic carbocycles. The molecule has 27 heavy (non-hydrogen) atoms. The first-order valence-electron chi connectivity index (χ1n) is 9.65. The maximum Gasteiger partial charge on any atom is 0.233 e. The molecule has 0 bridgehead atoms. The Kier molecular flexibility index (Phi) is 5.87. The molecule has 1 saturated heterocycles. The standard InChI is InChI=1S/C22H25NO3S/c24-22(16-27-19-10-11-20-21(15-19)26-14-13-25-20)23-12-4-7-18(23)9-8-17-5-2-1-3-6-17/h1-3,5-6,10-11,15,18H,4,7-9,12-14,16H2. The number of ether oxygens (including phenoxy) is 2. The first-order chi connectivity index (χ1) is 13.3. The van der Waals surface area contributed by atoms with E-state index < -0.39 is 0 Å². The van der Waals surface area contributed by atoms with Gasteiger partial charge in [-0.25, -0.2) is 0 Å². The molecule has 4 rings (SSSR count). The maximum absolute atomic E-state index is 12.8. The van der Waals surface area contributed by atoms with E-state index in [9.17, 15) is 4.79 Å². The van der Waals surface area contributed by atoms with Crippen molar-refractivity contribution >= 4 is 17.7 Å². The molecule has 1 unspecified atom stereocenters. The number of fused-ring (bicyclic) bond motifs is 1. The largest absolute Gasteiger partial charge is 0.486 e. The molecular formula is C22H25NO3S. The van der Waals surface area contributed by atoms with E-state index in [0.29, 0.717) is 25.0 Å². The fourth-order valence-corrected chi connectivity index (χ4v) is 4.59. The van der Waals surface area contributed by atoms with Crippen molar-refractivity contribution in [1.29, 1.82) is 0 Å². The molecule has 2 aromatic rings. The van der Waals surface area contributed by atoms with E-state index in [4.69, 9.17) is 9.47 Å². The van der Waals surface area contributed by atoms with Gasteiger partial charge in [-0.1, -0.05) is 30.3 Å². The minimum Gasteiger partial charge on any atom is -0.486 e. The van der Waals surface area contributed by atoms with Gasteiger partial charge in [-0.05, 0) is 49.4 Å². The van der Waals surface area contributed by atoms with Crippen molar-refractivity contribution in [3.8, 4) is 11.5 Å². The lowest BCUT2D eigenvalue weighted by molar-refractivity contribution is -0.129. The molecule has 0 N–H and O–H groups in total. The number of rotatable bonds is 6. The summed E-state index contributed by atoms with van der Waals surface area (Å²) in [6.45, 7) is 2.06. The van der Waals surface area contributed by atoms with Crippen molar-refractivity contribution in [1.82, 2.24) is 4.90 Å². The van der Waals surface area contributed by atoms with Gasteiger partial charge in [0.2, 0.25) is 5.91 Å². The smallest absolute Gasteiger partial charge is 0.233 e. The van der Waals surface area contributed by atoms with Gasteiger partial charge in [-0.15, -0.1) is 11.8 Å². The third-order valence-electron chi connectivity index (χ3n) is 5.18. The van der Waals surface area contributed by atoms with Crippen LogP contribution in [-0.4, -0.2) is 42.4 Å².